The van der Waals surface area contributed by atoms with Crippen LogP contribution >= 0.6 is 0 Å². The van der Waals surface area contributed by atoms with Crippen LogP contribution in [-0.4, -0.2) is 35.1 Å². The quantitative estimate of drug-likeness (QED) is 0.710. The molecule has 2 heterocycles. The van der Waals surface area contributed by atoms with Gasteiger partial charge in [-0.3, -0.25) is 4.90 Å². The second kappa shape index (κ2) is 4.49. The molecule has 2 aliphatic rings. The summed E-state index contributed by atoms with van der Waals surface area (Å²) in [6, 6.07) is 0.707. The average Bonchev–Trinajstić information content (AvgIpc) is 2.61. The third-order valence-corrected chi connectivity index (χ3v) is 5.11. The Balaban J connectivity index is 1.94. The first-order valence-electron chi connectivity index (χ1n) is 7.65. The first-order chi connectivity index (χ1) is 8.12. The van der Waals surface area contributed by atoms with Crippen LogP contribution in [0.4, 0.5) is 0 Å². The van der Waals surface area contributed by atoms with E-state index in [0.29, 0.717) is 22.5 Å². The number of hydrogen-bond donors (Lipinski definition) is 1. The molecule has 0 aromatic rings. The van der Waals surface area contributed by atoms with Crippen molar-refractivity contribution in [1.29, 1.82) is 0 Å². The lowest BCUT2D eigenvalue weighted by Crippen LogP contribution is -2.56. The molecular formula is C16H32N2. The van der Waals surface area contributed by atoms with Crippen molar-refractivity contribution < 1.29 is 0 Å². The van der Waals surface area contributed by atoms with Crippen LogP contribution in [0.5, 0.6) is 0 Å². The number of likely N-dealkylation sites (tertiary alicyclic amines) is 1. The molecular weight excluding hydrogens is 220 g/mol. The normalized spacial score (nSPS) is 30.0. The lowest BCUT2D eigenvalue weighted by Gasteiger charge is -2.46. The average molecular weight is 252 g/mol. The predicted octanol–water partition coefficient (Wildman–Crippen LogP) is 3.42. The molecule has 2 fully saturated rings. The van der Waals surface area contributed by atoms with E-state index in [9.17, 15) is 0 Å². The summed E-state index contributed by atoms with van der Waals surface area (Å²) < 4.78 is 0. The van der Waals surface area contributed by atoms with Gasteiger partial charge >= 0.3 is 0 Å². The third kappa shape index (κ3) is 2.91. The third-order valence-electron chi connectivity index (χ3n) is 5.11. The molecule has 0 aromatic heterocycles. The van der Waals surface area contributed by atoms with Crippen LogP contribution in [0, 0.1) is 5.41 Å². The summed E-state index contributed by atoms with van der Waals surface area (Å²) in [5.41, 5.74) is 1.20. The maximum Gasteiger partial charge on any atom is 0.0209 e. The molecule has 2 rings (SSSR count). The summed E-state index contributed by atoms with van der Waals surface area (Å²) in [5.74, 6) is 0. The molecule has 1 N–H and O–H groups in total. The summed E-state index contributed by atoms with van der Waals surface area (Å²) in [6.45, 7) is 16.6. The summed E-state index contributed by atoms with van der Waals surface area (Å²) in [6.07, 6.45) is 5.40. The zero-order chi connectivity index (χ0) is 13.6. The van der Waals surface area contributed by atoms with Crippen LogP contribution in [0.25, 0.3) is 0 Å². The Morgan fingerprint density at radius 2 is 1.50 bits per heavy atom. The highest BCUT2D eigenvalue weighted by atomic mass is 15.2. The maximum atomic E-state index is 3.99. The zero-order valence-corrected chi connectivity index (χ0v) is 13.3. The Kier molecular flexibility index (Phi) is 3.57. The number of hydrogen-bond acceptors (Lipinski definition) is 2. The van der Waals surface area contributed by atoms with Gasteiger partial charge in [0.2, 0.25) is 0 Å². The van der Waals surface area contributed by atoms with E-state index in [1.807, 2.05) is 0 Å². The highest BCUT2D eigenvalue weighted by Crippen LogP contribution is 2.39. The van der Waals surface area contributed by atoms with Crippen molar-refractivity contribution in [1.82, 2.24) is 10.2 Å². The maximum absolute atomic E-state index is 3.99. The summed E-state index contributed by atoms with van der Waals surface area (Å²) in [5, 5.41) is 3.99. The molecule has 0 saturated carbocycles. The van der Waals surface area contributed by atoms with Crippen LogP contribution in [0.15, 0.2) is 0 Å². The number of piperidine rings is 1. The van der Waals surface area contributed by atoms with Gasteiger partial charge in [0.05, 0.1) is 0 Å². The molecule has 18 heavy (non-hydrogen) atoms. The molecule has 0 radical (unpaired) electrons. The van der Waals surface area contributed by atoms with Crippen LogP contribution < -0.4 is 5.32 Å². The van der Waals surface area contributed by atoms with E-state index >= 15 is 0 Å². The Morgan fingerprint density at radius 3 is 1.89 bits per heavy atom. The zero-order valence-electron chi connectivity index (χ0n) is 13.3. The molecule has 2 heteroatoms. The van der Waals surface area contributed by atoms with Gasteiger partial charge in [0.15, 0.2) is 0 Å². The van der Waals surface area contributed by atoms with Gasteiger partial charge in [-0.05, 0) is 51.9 Å². The van der Waals surface area contributed by atoms with E-state index in [2.05, 4.69) is 51.8 Å². The van der Waals surface area contributed by atoms with Crippen molar-refractivity contribution in [2.45, 2.75) is 84.3 Å². The van der Waals surface area contributed by atoms with Gasteiger partial charge in [-0.2, -0.15) is 0 Å². The van der Waals surface area contributed by atoms with E-state index in [4.69, 9.17) is 0 Å². The van der Waals surface area contributed by atoms with Gasteiger partial charge in [0, 0.05) is 30.2 Å². The first-order valence-corrected chi connectivity index (χ1v) is 7.65. The fourth-order valence-electron chi connectivity index (χ4n) is 3.58. The Morgan fingerprint density at radius 1 is 0.944 bits per heavy atom. The minimum atomic E-state index is 0.337. The lowest BCUT2D eigenvalue weighted by molar-refractivity contribution is 0.0655. The second-order valence-electron chi connectivity index (χ2n) is 8.54. The van der Waals surface area contributed by atoms with Crippen LogP contribution in [0.3, 0.4) is 0 Å². The summed E-state index contributed by atoms with van der Waals surface area (Å²) in [7, 11) is 0. The number of nitrogens with one attached hydrogen (secondary N) is 1. The molecule has 1 atom stereocenters. The molecule has 0 bridgehead atoms. The number of rotatable bonds is 0. The van der Waals surface area contributed by atoms with Gasteiger partial charge in [0.25, 0.3) is 0 Å². The van der Waals surface area contributed by atoms with Gasteiger partial charge in [0.1, 0.15) is 0 Å². The minimum Gasteiger partial charge on any atom is -0.308 e. The van der Waals surface area contributed by atoms with E-state index in [-0.39, 0.29) is 0 Å². The largest absolute Gasteiger partial charge is 0.308 e. The topological polar surface area (TPSA) is 15.3 Å². The van der Waals surface area contributed by atoms with E-state index < -0.39 is 0 Å². The Labute approximate surface area is 114 Å². The van der Waals surface area contributed by atoms with Crippen LogP contribution in [0.2, 0.25) is 0 Å². The van der Waals surface area contributed by atoms with Crippen molar-refractivity contribution in [2.75, 3.05) is 13.1 Å². The Bertz CT molecular complexity index is 287. The second-order valence-corrected chi connectivity index (χ2v) is 8.54. The van der Waals surface area contributed by atoms with E-state index in [1.165, 1.54) is 38.8 Å². The van der Waals surface area contributed by atoms with Crippen molar-refractivity contribution in [3.05, 3.63) is 0 Å². The standard InChI is InChI=1S/C16H32N2/c1-14(2,3)13-7-8-16(17-13)9-11-18(12-10-16)15(4,5)6/h13,17H,7-12H2,1-6H3. The van der Waals surface area contributed by atoms with Crippen LogP contribution in [-0.2, 0) is 0 Å². The van der Waals surface area contributed by atoms with E-state index in [1.54, 1.807) is 0 Å². The van der Waals surface area contributed by atoms with Gasteiger partial charge in [-0.25, -0.2) is 0 Å². The van der Waals surface area contributed by atoms with Crippen molar-refractivity contribution in [3.8, 4) is 0 Å². The van der Waals surface area contributed by atoms with Crippen molar-refractivity contribution >= 4 is 0 Å². The highest BCUT2D eigenvalue weighted by molar-refractivity contribution is 5.04. The molecule has 0 aromatic carbocycles. The fraction of sp³-hybridized carbons (Fsp3) is 1.00. The minimum absolute atomic E-state index is 0.337. The Hall–Kier alpha value is -0.0800. The molecule has 2 saturated heterocycles. The molecule has 0 amide bonds. The molecule has 1 spiro atoms. The molecule has 1 unspecified atom stereocenters. The monoisotopic (exact) mass is 252 g/mol. The molecule has 0 aliphatic carbocycles. The summed E-state index contributed by atoms with van der Waals surface area (Å²) >= 11 is 0. The smallest absolute Gasteiger partial charge is 0.0209 e. The SMILES string of the molecule is CC(C)(C)C1CCC2(CCN(C(C)(C)C)CC2)N1. The summed E-state index contributed by atoms with van der Waals surface area (Å²) in [4.78, 5) is 2.64. The highest BCUT2D eigenvalue weighted by Gasteiger charge is 2.44. The van der Waals surface area contributed by atoms with Crippen LogP contribution in [0.1, 0.15) is 67.2 Å². The van der Waals surface area contributed by atoms with Crippen molar-refractivity contribution in [3.63, 3.8) is 0 Å². The molecule has 106 valence electrons. The molecule has 2 aliphatic heterocycles. The van der Waals surface area contributed by atoms with Gasteiger partial charge in [-0.1, -0.05) is 20.8 Å². The lowest BCUT2D eigenvalue weighted by atomic mass is 9.84. The van der Waals surface area contributed by atoms with Crippen molar-refractivity contribution in [2.24, 2.45) is 5.41 Å². The first kappa shape index (κ1) is 14.3. The van der Waals surface area contributed by atoms with Gasteiger partial charge < -0.3 is 5.32 Å². The van der Waals surface area contributed by atoms with E-state index in [0.717, 1.165) is 0 Å². The fourth-order valence-corrected chi connectivity index (χ4v) is 3.58. The predicted molar refractivity (Wildman–Crippen MR) is 78.9 cm³/mol. The van der Waals surface area contributed by atoms with Gasteiger partial charge in [-0.15, -0.1) is 0 Å². The number of nitrogens with zero attached hydrogens (tertiary/aromatic N) is 1. The molecule has 2 nitrogen and oxygen atoms in total.